The molecule has 0 bridgehead atoms. The molecule has 43 heavy (non-hydrogen) atoms. The molecule has 0 aromatic heterocycles. The van der Waals surface area contributed by atoms with Gasteiger partial charge in [0.05, 0.1) is 18.2 Å². The van der Waals surface area contributed by atoms with Gasteiger partial charge in [-0.3, -0.25) is 19.7 Å². The summed E-state index contributed by atoms with van der Waals surface area (Å²) in [5.41, 5.74) is 3.97. The lowest BCUT2D eigenvalue weighted by Crippen LogP contribution is -2.18. The maximum Gasteiger partial charge on any atom is 0.336 e. The number of nitrogens with one attached hydrogen (secondary N) is 2. The number of nitro benzene ring substituents is 1. The fourth-order valence-corrected chi connectivity index (χ4v) is 3.73. The number of anilines is 1. The molecule has 0 fully saturated rings. The summed E-state index contributed by atoms with van der Waals surface area (Å²) in [5.74, 6) is -1.00. The van der Waals surface area contributed by atoms with Crippen LogP contribution in [0.4, 0.5) is 11.4 Å². The third-order valence-electron chi connectivity index (χ3n) is 5.82. The zero-order valence-electron chi connectivity index (χ0n) is 22.5. The number of carbonyl (C=O) groups excluding carboxylic acids is 3. The molecule has 0 atom stereocenters. The number of benzene rings is 4. The molecular weight excluding hydrogens is 576 g/mol. The fraction of sp³-hybridized carbons (Fsp3) is 0.0323. The number of hydrogen-bond acceptors (Lipinski definition) is 8. The van der Waals surface area contributed by atoms with Gasteiger partial charge in [-0.25, -0.2) is 10.2 Å². The molecule has 0 aliphatic carbocycles. The second-order valence-corrected chi connectivity index (χ2v) is 9.18. The average molecular weight is 599 g/mol. The normalized spacial score (nSPS) is 10.8. The molecule has 2 N–H and O–H groups in total. The van der Waals surface area contributed by atoms with Crippen molar-refractivity contribution in [3.05, 3.63) is 134 Å². The van der Waals surface area contributed by atoms with Crippen molar-refractivity contribution in [3.8, 4) is 11.5 Å². The number of non-ortho nitro benzene ring substituents is 1. The molecule has 4 rings (SSSR count). The minimum atomic E-state index is -0.730. The van der Waals surface area contributed by atoms with Crippen molar-refractivity contribution in [2.45, 2.75) is 0 Å². The molecular formula is C31H23ClN4O7. The second kappa shape index (κ2) is 14.2. The summed E-state index contributed by atoms with van der Waals surface area (Å²) >= 11 is 5.85. The van der Waals surface area contributed by atoms with E-state index >= 15 is 0 Å². The van der Waals surface area contributed by atoms with Crippen LogP contribution >= 0.6 is 11.6 Å². The molecule has 2 amide bonds. The van der Waals surface area contributed by atoms with Crippen molar-refractivity contribution < 1.29 is 28.8 Å². The first kappa shape index (κ1) is 30.2. The number of nitrogens with zero attached hydrogens (tertiary/aromatic N) is 2. The number of hydrogen-bond donors (Lipinski definition) is 2. The molecule has 12 heteroatoms. The number of methoxy groups -OCH3 is 1. The molecule has 4 aromatic carbocycles. The van der Waals surface area contributed by atoms with E-state index in [2.05, 4.69) is 15.8 Å². The Morgan fingerprint density at radius 3 is 2.19 bits per heavy atom. The predicted molar refractivity (Wildman–Crippen MR) is 162 cm³/mol. The molecule has 216 valence electrons. The molecule has 11 nitrogen and oxygen atoms in total. The maximum atomic E-state index is 12.6. The van der Waals surface area contributed by atoms with Crippen LogP contribution in [0.3, 0.4) is 0 Å². The average Bonchev–Trinajstić information content (AvgIpc) is 3.01. The Labute approximate surface area is 250 Å². The van der Waals surface area contributed by atoms with Crippen molar-refractivity contribution in [3.63, 3.8) is 0 Å². The molecule has 0 heterocycles. The van der Waals surface area contributed by atoms with E-state index in [4.69, 9.17) is 21.1 Å². The SMILES string of the molecule is COc1ccc(/C=C/C(=O)Oc2ccc([N+](=O)[O-])cc2/C=N/NC(=O)c2ccc(NC(=O)c3ccc(Cl)cc3)cc2)cc1. The van der Waals surface area contributed by atoms with Crippen LogP contribution in [-0.4, -0.2) is 36.0 Å². The Morgan fingerprint density at radius 2 is 1.53 bits per heavy atom. The summed E-state index contributed by atoms with van der Waals surface area (Å²) in [5, 5.41) is 18.4. The highest BCUT2D eigenvalue weighted by Gasteiger charge is 2.13. The minimum Gasteiger partial charge on any atom is -0.497 e. The highest BCUT2D eigenvalue weighted by atomic mass is 35.5. The van der Waals surface area contributed by atoms with Crippen LogP contribution in [0.5, 0.6) is 11.5 Å². The third kappa shape index (κ3) is 8.59. The zero-order chi connectivity index (χ0) is 30.8. The smallest absolute Gasteiger partial charge is 0.336 e. The Bertz CT molecular complexity index is 1700. The van der Waals surface area contributed by atoms with E-state index in [0.29, 0.717) is 22.0 Å². The summed E-state index contributed by atoms with van der Waals surface area (Å²) in [6.45, 7) is 0. The quantitative estimate of drug-likeness (QED) is 0.0577. The number of nitro groups is 1. The predicted octanol–water partition coefficient (Wildman–Crippen LogP) is 5.89. The summed E-state index contributed by atoms with van der Waals surface area (Å²) in [6, 6.07) is 23.0. The Morgan fingerprint density at radius 1 is 0.884 bits per heavy atom. The van der Waals surface area contributed by atoms with Gasteiger partial charge in [0.15, 0.2) is 0 Å². The van der Waals surface area contributed by atoms with Gasteiger partial charge in [-0.1, -0.05) is 23.7 Å². The number of hydrazone groups is 1. The number of carbonyl (C=O) groups is 3. The second-order valence-electron chi connectivity index (χ2n) is 8.74. The lowest BCUT2D eigenvalue weighted by molar-refractivity contribution is -0.384. The van der Waals surface area contributed by atoms with E-state index in [1.807, 2.05) is 0 Å². The Balaban J connectivity index is 1.40. The summed E-state index contributed by atoms with van der Waals surface area (Å²) in [4.78, 5) is 48.0. The zero-order valence-corrected chi connectivity index (χ0v) is 23.3. The van der Waals surface area contributed by atoms with Gasteiger partial charge in [-0.15, -0.1) is 0 Å². The number of ether oxygens (including phenoxy) is 2. The van der Waals surface area contributed by atoms with Crippen LogP contribution in [0.25, 0.3) is 6.08 Å². The van der Waals surface area contributed by atoms with Crippen LogP contribution in [0, 0.1) is 10.1 Å². The number of amides is 2. The van der Waals surface area contributed by atoms with Crippen LogP contribution in [0.1, 0.15) is 31.8 Å². The van der Waals surface area contributed by atoms with Gasteiger partial charge in [0.1, 0.15) is 11.5 Å². The topological polar surface area (TPSA) is 149 Å². The van der Waals surface area contributed by atoms with Gasteiger partial charge < -0.3 is 14.8 Å². The highest BCUT2D eigenvalue weighted by Crippen LogP contribution is 2.23. The molecule has 0 aliphatic heterocycles. The van der Waals surface area contributed by atoms with Crippen molar-refractivity contribution >= 4 is 53.0 Å². The first-order valence-corrected chi connectivity index (χ1v) is 12.9. The van der Waals surface area contributed by atoms with E-state index in [1.165, 1.54) is 36.4 Å². The standard InChI is InChI=1S/C31H23ClN4O7/c1-42-27-14-2-20(3-15-27)4-17-29(37)43-28-16-13-26(36(40)41)18-23(28)19-33-35-31(39)22-7-11-25(12-8-22)34-30(38)21-5-9-24(32)10-6-21/h2-19H,1H3,(H,34,38)(H,35,39)/b17-4+,33-19+. The molecule has 4 aromatic rings. The van der Waals surface area contributed by atoms with E-state index in [-0.39, 0.29) is 28.5 Å². The molecule has 0 saturated carbocycles. The summed E-state index contributed by atoms with van der Waals surface area (Å²) in [6.07, 6.45) is 3.87. The van der Waals surface area contributed by atoms with E-state index < -0.39 is 16.8 Å². The van der Waals surface area contributed by atoms with Crippen LogP contribution < -0.4 is 20.2 Å². The van der Waals surface area contributed by atoms with Crippen molar-refractivity contribution in [1.82, 2.24) is 5.43 Å². The van der Waals surface area contributed by atoms with Gasteiger partial charge in [-0.2, -0.15) is 5.10 Å². The van der Waals surface area contributed by atoms with Gasteiger partial charge in [-0.05, 0) is 78.4 Å². The molecule has 0 unspecified atom stereocenters. The largest absolute Gasteiger partial charge is 0.497 e. The maximum absolute atomic E-state index is 12.6. The Hall–Kier alpha value is -5.81. The number of rotatable bonds is 10. The lowest BCUT2D eigenvalue weighted by Gasteiger charge is -2.07. The fourth-order valence-electron chi connectivity index (χ4n) is 3.60. The summed E-state index contributed by atoms with van der Waals surface area (Å²) in [7, 11) is 1.55. The Kier molecular flexibility index (Phi) is 9.95. The van der Waals surface area contributed by atoms with Crippen molar-refractivity contribution in [2.24, 2.45) is 5.10 Å². The number of esters is 1. The molecule has 0 radical (unpaired) electrons. The molecule has 0 saturated heterocycles. The van der Waals surface area contributed by atoms with Crippen LogP contribution in [0.15, 0.2) is 102 Å². The molecule has 0 aliphatic rings. The number of halogens is 1. The first-order chi connectivity index (χ1) is 20.7. The van der Waals surface area contributed by atoms with Crippen molar-refractivity contribution in [2.75, 3.05) is 12.4 Å². The van der Waals surface area contributed by atoms with E-state index in [9.17, 15) is 24.5 Å². The monoisotopic (exact) mass is 598 g/mol. The van der Waals surface area contributed by atoms with Gasteiger partial charge in [0.25, 0.3) is 17.5 Å². The van der Waals surface area contributed by atoms with Gasteiger partial charge in [0.2, 0.25) is 0 Å². The van der Waals surface area contributed by atoms with E-state index in [1.54, 1.807) is 67.8 Å². The summed E-state index contributed by atoms with van der Waals surface area (Å²) < 4.78 is 10.5. The minimum absolute atomic E-state index is 0.00578. The first-order valence-electron chi connectivity index (χ1n) is 12.5. The van der Waals surface area contributed by atoms with Crippen molar-refractivity contribution in [1.29, 1.82) is 0 Å². The molecule has 0 spiro atoms. The van der Waals surface area contributed by atoms with Crippen LogP contribution in [-0.2, 0) is 4.79 Å². The van der Waals surface area contributed by atoms with Gasteiger partial charge >= 0.3 is 5.97 Å². The highest BCUT2D eigenvalue weighted by molar-refractivity contribution is 6.30. The van der Waals surface area contributed by atoms with E-state index in [0.717, 1.165) is 17.8 Å². The third-order valence-corrected chi connectivity index (χ3v) is 6.08. The van der Waals surface area contributed by atoms with Crippen LogP contribution in [0.2, 0.25) is 5.02 Å². The lowest BCUT2D eigenvalue weighted by atomic mass is 10.1. The van der Waals surface area contributed by atoms with Gasteiger partial charge in [0, 0.05) is 45.6 Å².